The highest BCUT2D eigenvalue weighted by Gasteiger charge is 2.44. The van der Waals surface area contributed by atoms with Crippen molar-refractivity contribution >= 4 is 17.5 Å². The van der Waals surface area contributed by atoms with Crippen molar-refractivity contribution in [3.63, 3.8) is 0 Å². The lowest BCUT2D eigenvalue weighted by Crippen LogP contribution is -2.53. The lowest BCUT2D eigenvalue weighted by molar-refractivity contribution is -0.0722. The van der Waals surface area contributed by atoms with Crippen LogP contribution in [0.25, 0.3) is 0 Å². The van der Waals surface area contributed by atoms with E-state index >= 15 is 0 Å². The van der Waals surface area contributed by atoms with Crippen molar-refractivity contribution in [2.45, 2.75) is 25.0 Å². The Labute approximate surface area is 130 Å². The zero-order valence-electron chi connectivity index (χ0n) is 12.1. The predicted molar refractivity (Wildman–Crippen MR) is 80.6 cm³/mol. The molecule has 0 N–H and O–H groups in total. The van der Waals surface area contributed by atoms with Crippen molar-refractivity contribution < 1.29 is 14.3 Å². The molecule has 0 bridgehead atoms. The molecule has 2 aliphatic rings. The number of ether oxygens (including phenoxy) is 2. The Morgan fingerprint density at radius 3 is 3.10 bits per heavy atom. The summed E-state index contributed by atoms with van der Waals surface area (Å²) >= 11 is 5.99. The number of carbonyl (C=O) groups is 1. The number of carbonyl (C=O) groups excluding carboxylic acids is 1. The Balaban J connectivity index is 1.78. The highest BCUT2D eigenvalue weighted by atomic mass is 35.5. The van der Waals surface area contributed by atoms with Crippen molar-refractivity contribution in [1.82, 2.24) is 4.90 Å². The molecular weight excluding hydrogens is 290 g/mol. The van der Waals surface area contributed by atoms with Gasteiger partial charge in [-0.1, -0.05) is 17.7 Å². The first-order valence-electron chi connectivity index (χ1n) is 7.38. The SMILES string of the molecule is COCC1CCC2C1OCCN2C(=O)c1cccc(Cl)c1. The van der Waals surface area contributed by atoms with E-state index in [1.807, 2.05) is 17.0 Å². The largest absolute Gasteiger partial charge is 0.384 e. The van der Waals surface area contributed by atoms with Crippen LogP contribution >= 0.6 is 11.6 Å². The van der Waals surface area contributed by atoms with Crippen molar-refractivity contribution in [2.75, 3.05) is 26.9 Å². The minimum Gasteiger partial charge on any atom is -0.384 e. The summed E-state index contributed by atoms with van der Waals surface area (Å²) in [5, 5.41) is 0.592. The summed E-state index contributed by atoms with van der Waals surface area (Å²) in [6, 6.07) is 7.31. The monoisotopic (exact) mass is 309 g/mol. The van der Waals surface area contributed by atoms with Crippen LogP contribution in [0.3, 0.4) is 0 Å². The topological polar surface area (TPSA) is 38.8 Å². The minimum atomic E-state index is 0.0499. The van der Waals surface area contributed by atoms with Crippen LogP contribution in [0.5, 0.6) is 0 Å². The third-order valence-electron chi connectivity index (χ3n) is 4.43. The van der Waals surface area contributed by atoms with Crippen molar-refractivity contribution in [3.8, 4) is 0 Å². The highest BCUT2D eigenvalue weighted by molar-refractivity contribution is 6.30. The third kappa shape index (κ3) is 2.93. The van der Waals surface area contributed by atoms with Gasteiger partial charge in [-0.25, -0.2) is 0 Å². The second-order valence-electron chi connectivity index (χ2n) is 5.70. The maximum atomic E-state index is 12.7. The van der Waals surface area contributed by atoms with Crippen LogP contribution in [0.15, 0.2) is 24.3 Å². The Morgan fingerprint density at radius 1 is 1.48 bits per heavy atom. The second-order valence-corrected chi connectivity index (χ2v) is 6.14. The Kier molecular flexibility index (Phi) is 4.48. The smallest absolute Gasteiger partial charge is 0.254 e. The zero-order valence-corrected chi connectivity index (χ0v) is 12.9. The molecule has 1 aliphatic carbocycles. The van der Waals surface area contributed by atoms with Crippen molar-refractivity contribution in [3.05, 3.63) is 34.9 Å². The molecule has 0 spiro atoms. The third-order valence-corrected chi connectivity index (χ3v) is 4.67. The van der Waals surface area contributed by atoms with Gasteiger partial charge in [0.1, 0.15) is 0 Å². The molecule has 21 heavy (non-hydrogen) atoms. The molecule has 1 saturated heterocycles. The van der Waals surface area contributed by atoms with Gasteiger partial charge in [-0.3, -0.25) is 4.79 Å². The summed E-state index contributed by atoms with van der Waals surface area (Å²) in [4.78, 5) is 14.7. The highest BCUT2D eigenvalue weighted by Crippen LogP contribution is 2.35. The number of nitrogens with zero attached hydrogens (tertiary/aromatic N) is 1. The van der Waals surface area contributed by atoms with Gasteiger partial charge in [0.2, 0.25) is 0 Å². The summed E-state index contributed by atoms with van der Waals surface area (Å²) in [6.07, 6.45) is 2.12. The summed E-state index contributed by atoms with van der Waals surface area (Å²) in [6.45, 7) is 1.93. The van der Waals surface area contributed by atoms with E-state index in [4.69, 9.17) is 21.1 Å². The van der Waals surface area contributed by atoms with Crippen molar-refractivity contribution in [1.29, 1.82) is 0 Å². The molecule has 1 saturated carbocycles. The number of morpholine rings is 1. The Morgan fingerprint density at radius 2 is 2.33 bits per heavy atom. The summed E-state index contributed by atoms with van der Waals surface area (Å²) in [5.74, 6) is 0.434. The molecule has 1 amide bonds. The molecule has 4 nitrogen and oxygen atoms in total. The molecule has 114 valence electrons. The predicted octanol–water partition coefficient (Wildman–Crippen LogP) is 2.61. The van der Waals surface area contributed by atoms with Gasteiger partial charge < -0.3 is 14.4 Å². The molecular formula is C16H20ClNO3. The molecule has 0 radical (unpaired) electrons. The summed E-state index contributed by atoms with van der Waals surface area (Å²) < 4.78 is 11.2. The first kappa shape index (κ1) is 14.8. The second kappa shape index (κ2) is 6.34. The maximum Gasteiger partial charge on any atom is 0.254 e. The number of fused-ring (bicyclic) bond motifs is 1. The van der Waals surface area contributed by atoms with E-state index in [1.54, 1.807) is 19.2 Å². The van der Waals surface area contributed by atoms with Crippen LogP contribution in [0.1, 0.15) is 23.2 Å². The van der Waals surface area contributed by atoms with E-state index in [9.17, 15) is 4.79 Å². The van der Waals surface area contributed by atoms with E-state index in [0.29, 0.717) is 36.3 Å². The molecule has 0 aromatic heterocycles. The van der Waals surface area contributed by atoms with Crippen LogP contribution in [-0.2, 0) is 9.47 Å². The first-order valence-corrected chi connectivity index (χ1v) is 7.75. The molecule has 2 fully saturated rings. The van der Waals surface area contributed by atoms with E-state index < -0.39 is 0 Å². The summed E-state index contributed by atoms with van der Waals surface area (Å²) in [7, 11) is 1.71. The number of methoxy groups -OCH3 is 1. The molecule has 1 aliphatic heterocycles. The summed E-state index contributed by atoms with van der Waals surface area (Å²) in [5.41, 5.74) is 0.651. The molecule has 3 rings (SSSR count). The number of hydrogen-bond donors (Lipinski definition) is 0. The fourth-order valence-electron chi connectivity index (χ4n) is 3.49. The van der Waals surface area contributed by atoms with Gasteiger partial charge in [-0.15, -0.1) is 0 Å². The van der Waals surface area contributed by atoms with E-state index in [1.165, 1.54) is 0 Å². The average molecular weight is 310 g/mol. The van der Waals surface area contributed by atoms with Gasteiger partial charge in [0.25, 0.3) is 5.91 Å². The lowest BCUT2D eigenvalue weighted by Gasteiger charge is -2.39. The van der Waals surface area contributed by atoms with Gasteiger partial charge in [-0.05, 0) is 31.0 Å². The lowest BCUT2D eigenvalue weighted by atomic mass is 10.0. The number of rotatable bonds is 3. The number of amides is 1. The normalized spacial score (nSPS) is 28.5. The van der Waals surface area contributed by atoms with E-state index in [0.717, 1.165) is 12.8 Å². The fraction of sp³-hybridized carbons (Fsp3) is 0.562. The maximum absolute atomic E-state index is 12.7. The van der Waals surface area contributed by atoms with Crippen LogP contribution in [0.2, 0.25) is 5.02 Å². The average Bonchev–Trinajstić information content (AvgIpc) is 2.90. The Hall–Kier alpha value is -1.10. The van der Waals surface area contributed by atoms with Gasteiger partial charge in [0.05, 0.1) is 25.4 Å². The van der Waals surface area contributed by atoms with Crippen LogP contribution in [0, 0.1) is 5.92 Å². The molecule has 3 unspecified atom stereocenters. The standard InChI is InChI=1S/C16H20ClNO3/c1-20-10-12-5-6-14-15(12)21-8-7-18(14)16(19)11-3-2-4-13(17)9-11/h2-4,9,12,14-15H,5-8,10H2,1H3. The van der Waals surface area contributed by atoms with Gasteiger partial charge in [0, 0.05) is 30.2 Å². The zero-order chi connectivity index (χ0) is 14.8. The number of halogens is 1. The van der Waals surface area contributed by atoms with Crippen LogP contribution in [0.4, 0.5) is 0 Å². The molecule has 1 aromatic carbocycles. The van der Waals surface area contributed by atoms with E-state index in [-0.39, 0.29) is 18.1 Å². The molecule has 5 heteroatoms. The van der Waals surface area contributed by atoms with E-state index in [2.05, 4.69) is 0 Å². The Bertz CT molecular complexity index is 522. The van der Waals surface area contributed by atoms with Crippen LogP contribution < -0.4 is 0 Å². The molecule has 3 atom stereocenters. The molecule has 1 heterocycles. The fourth-order valence-corrected chi connectivity index (χ4v) is 3.68. The first-order chi connectivity index (χ1) is 10.2. The number of hydrogen-bond acceptors (Lipinski definition) is 3. The van der Waals surface area contributed by atoms with Gasteiger partial charge >= 0.3 is 0 Å². The molecule has 1 aromatic rings. The van der Waals surface area contributed by atoms with Gasteiger partial charge in [-0.2, -0.15) is 0 Å². The van der Waals surface area contributed by atoms with Crippen molar-refractivity contribution in [2.24, 2.45) is 5.92 Å². The number of benzene rings is 1. The van der Waals surface area contributed by atoms with Gasteiger partial charge in [0.15, 0.2) is 0 Å². The van der Waals surface area contributed by atoms with Crippen LogP contribution in [-0.4, -0.2) is 49.8 Å². The quantitative estimate of drug-likeness (QED) is 0.861. The minimum absolute atomic E-state index is 0.0499.